The third-order valence-corrected chi connectivity index (χ3v) is 4.59. The zero-order chi connectivity index (χ0) is 20.6. The molecule has 3 rings (SSSR count). The second-order valence-electron chi connectivity index (χ2n) is 6.72. The van der Waals surface area contributed by atoms with Gasteiger partial charge in [0.1, 0.15) is 0 Å². The largest absolute Gasteiger partial charge is 0.456 e. The molecule has 2 aromatic carbocycles. The number of carbonyl (C=O) groups excluding carboxylic acids is 2. The quantitative estimate of drug-likeness (QED) is 0.561. The van der Waals surface area contributed by atoms with Gasteiger partial charge in [-0.05, 0) is 24.1 Å². The van der Waals surface area contributed by atoms with Crippen LogP contribution in [0.1, 0.15) is 37.8 Å². The molecule has 152 valence electrons. The molecule has 0 radical (unpaired) electrons. The third-order valence-electron chi connectivity index (χ3n) is 4.59. The molecule has 0 spiro atoms. The van der Waals surface area contributed by atoms with E-state index in [-0.39, 0.29) is 31.5 Å². The molecule has 0 aliphatic heterocycles. The predicted molar refractivity (Wildman–Crippen MR) is 108 cm³/mol. The SMILES string of the molecule is CCC[C@H](NC(=O)COC(=O)CCn1c(=O)oc2ccccc21)c1ccccc1. The van der Waals surface area contributed by atoms with Crippen LogP contribution in [0, 0.1) is 0 Å². The van der Waals surface area contributed by atoms with Gasteiger partial charge in [0.2, 0.25) is 0 Å². The number of aryl methyl sites for hydroxylation is 1. The molecule has 0 fully saturated rings. The number of aromatic nitrogens is 1. The van der Waals surface area contributed by atoms with Crippen LogP contribution in [0.2, 0.25) is 0 Å². The summed E-state index contributed by atoms with van der Waals surface area (Å²) in [6.07, 6.45) is 1.67. The molecular weight excluding hydrogens is 372 g/mol. The highest BCUT2D eigenvalue weighted by molar-refractivity contribution is 5.81. The van der Waals surface area contributed by atoms with Gasteiger partial charge in [-0.15, -0.1) is 0 Å². The van der Waals surface area contributed by atoms with Crippen molar-refractivity contribution in [2.75, 3.05) is 6.61 Å². The van der Waals surface area contributed by atoms with Gasteiger partial charge >= 0.3 is 11.7 Å². The summed E-state index contributed by atoms with van der Waals surface area (Å²) in [5.41, 5.74) is 2.10. The van der Waals surface area contributed by atoms with Crippen molar-refractivity contribution in [3.63, 3.8) is 0 Å². The number of fused-ring (bicyclic) bond motifs is 1. The Balaban J connectivity index is 1.50. The minimum absolute atomic E-state index is 0.0339. The lowest BCUT2D eigenvalue weighted by molar-refractivity contribution is -0.149. The Hall–Kier alpha value is -3.35. The molecule has 7 heteroatoms. The van der Waals surface area contributed by atoms with Crippen LogP contribution < -0.4 is 11.1 Å². The maximum absolute atomic E-state index is 12.2. The minimum Gasteiger partial charge on any atom is -0.456 e. The van der Waals surface area contributed by atoms with Crippen molar-refractivity contribution in [2.45, 2.75) is 38.8 Å². The van der Waals surface area contributed by atoms with Crippen molar-refractivity contribution in [3.05, 3.63) is 70.7 Å². The van der Waals surface area contributed by atoms with Crippen LogP contribution in [0.3, 0.4) is 0 Å². The molecule has 29 heavy (non-hydrogen) atoms. The van der Waals surface area contributed by atoms with E-state index in [4.69, 9.17) is 9.15 Å². The number of ether oxygens (including phenoxy) is 1. The fourth-order valence-corrected chi connectivity index (χ4v) is 3.18. The van der Waals surface area contributed by atoms with Gasteiger partial charge in [0, 0.05) is 6.54 Å². The number of carbonyl (C=O) groups is 2. The highest BCUT2D eigenvalue weighted by Crippen LogP contribution is 2.18. The fourth-order valence-electron chi connectivity index (χ4n) is 3.18. The predicted octanol–water partition coefficient (Wildman–Crippen LogP) is 3.19. The van der Waals surface area contributed by atoms with Crippen molar-refractivity contribution < 1.29 is 18.7 Å². The summed E-state index contributed by atoms with van der Waals surface area (Å²) in [7, 11) is 0. The summed E-state index contributed by atoms with van der Waals surface area (Å²) in [4.78, 5) is 36.1. The number of nitrogens with one attached hydrogen (secondary N) is 1. The number of para-hydroxylation sites is 2. The maximum atomic E-state index is 12.2. The molecular formula is C22H24N2O5. The van der Waals surface area contributed by atoms with Gasteiger partial charge in [-0.1, -0.05) is 55.8 Å². The van der Waals surface area contributed by atoms with E-state index in [1.807, 2.05) is 37.3 Å². The molecule has 1 N–H and O–H groups in total. The zero-order valence-electron chi connectivity index (χ0n) is 16.3. The van der Waals surface area contributed by atoms with E-state index in [1.54, 1.807) is 24.3 Å². The van der Waals surface area contributed by atoms with Crippen molar-refractivity contribution in [2.24, 2.45) is 0 Å². The molecule has 7 nitrogen and oxygen atoms in total. The molecule has 0 saturated carbocycles. The topological polar surface area (TPSA) is 90.5 Å². The van der Waals surface area contributed by atoms with Gasteiger partial charge in [0.15, 0.2) is 12.2 Å². The molecule has 0 unspecified atom stereocenters. The van der Waals surface area contributed by atoms with Crippen LogP contribution in [0.5, 0.6) is 0 Å². The van der Waals surface area contributed by atoms with Crippen molar-refractivity contribution in [1.82, 2.24) is 9.88 Å². The summed E-state index contributed by atoms with van der Waals surface area (Å²) in [5.74, 6) is -1.43. The van der Waals surface area contributed by atoms with Gasteiger partial charge in [-0.25, -0.2) is 4.79 Å². The number of nitrogens with zero attached hydrogens (tertiary/aromatic N) is 1. The lowest BCUT2D eigenvalue weighted by Crippen LogP contribution is -2.32. The van der Waals surface area contributed by atoms with E-state index in [1.165, 1.54) is 4.57 Å². The van der Waals surface area contributed by atoms with Gasteiger partial charge in [0.25, 0.3) is 5.91 Å². The molecule has 1 amide bonds. The Kier molecular flexibility index (Phi) is 6.84. The summed E-state index contributed by atoms with van der Waals surface area (Å²) >= 11 is 0. The lowest BCUT2D eigenvalue weighted by atomic mass is 10.0. The van der Waals surface area contributed by atoms with E-state index in [0.29, 0.717) is 11.1 Å². The van der Waals surface area contributed by atoms with Gasteiger partial charge in [-0.2, -0.15) is 0 Å². The number of hydrogen-bond donors (Lipinski definition) is 1. The lowest BCUT2D eigenvalue weighted by Gasteiger charge is -2.18. The first-order chi connectivity index (χ1) is 14.1. The molecule has 0 saturated heterocycles. The van der Waals surface area contributed by atoms with Crippen LogP contribution in [0.4, 0.5) is 0 Å². The van der Waals surface area contributed by atoms with Crippen LogP contribution in [0.15, 0.2) is 63.8 Å². The van der Waals surface area contributed by atoms with E-state index < -0.39 is 11.7 Å². The van der Waals surface area contributed by atoms with Crippen LogP contribution in [-0.2, 0) is 20.9 Å². The molecule has 0 aliphatic carbocycles. The average molecular weight is 396 g/mol. The van der Waals surface area contributed by atoms with Crippen molar-refractivity contribution in [3.8, 4) is 0 Å². The number of rotatable bonds is 9. The molecule has 1 heterocycles. The van der Waals surface area contributed by atoms with E-state index in [2.05, 4.69) is 5.32 Å². The molecule has 0 aliphatic rings. The summed E-state index contributed by atoms with van der Waals surface area (Å²) in [6.45, 7) is 1.81. The van der Waals surface area contributed by atoms with Crippen LogP contribution in [-0.4, -0.2) is 23.1 Å². The van der Waals surface area contributed by atoms with Gasteiger partial charge < -0.3 is 14.5 Å². The van der Waals surface area contributed by atoms with Crippen molar-refractivity contribution in [1.29, 1.82) is 0 Å². The molecule has 0 bridgehead atoms. The van der Waals surface area contributed by atoms with E-state index in [9.17, 15) is 14.4 Å². The highest BCUT2D eigenvalue weighted by atomic mass is 16.5. The Labute approximate surface area is 168 Å². The number of benzene rings is 2. The second kappa shape index (κ2) is 9.73. The van der Waals surface area contributed by atoms with Crippen LogP contribution in [0.25, 0.3) is 11.1 Å². The summed E-state index contributed by atoms with van der Waals surface area (Å²) in [6, 6.07) is 16.6. The van der Waals surface area contributed by atoms with Crippen LogP contribution >= 0.6 is 0 Å². The first-order valence-electron chi connectivity index (χ1n) is 9.66. The molecule has 3 aromatic rings. The van der Waals surface area contributed by atoms with E-state index in [0.717, 1.165) is 18.4 Å². The maximum Gasteiger partial charge on any atom is 0.419 e. The minimum atomic E-state index is -0.552. The van der Waals surface area contributed by atoms with Crippen molar-refractivity contribution >= 4 is 23.0 Å². The van der Waals surface area contributed by atoms with E-state index >= 15 is 0 Å². The fraction of sp³-hybridized carbons (Fsp3) is 0.318. The summed E-state index contributed by atoms with van der Waals surface area (Å²) in [5, 5.41) is 2.91. The third kappa shape index (κ3) is 5.34. The zero-order valence-corrected chi connectivity index (χ0v) is 16.3. The van der Waals surface area contributed by atoms with Gasteiger partial charge in [0.05, 0.1) is 18.0 Å². The second-order valence-corrected chi connectivity index (χ2v) is 6.72. The summed E-state index contributed by atoms with van der Waals surface area (Å²) < 4.78 is 11.6. The normalized spacial score (nSPS) is 11.9. The number of hydrogen-bond acceptors (Lipinski definition) is 5. The Morgan fingerprint density at radius 1 is 1.10 bits per heavy atom. The Bertz CT molecular complexity index is 1020. The van der Waals surface area contributed by atoms with Gasteiger partial charge in [-0.3, -0.25) is 14.2 Å². The number of oxazole rings is 1. The number of esters is 1. The standard InChI is InChI=1S/C22H24N2O5/c1-2-8-17(16-9-4-3-5-10-16)23-20(25)15-28-21(26)13-14-24-18-11-6-7-12-19(18)29-22(24)27/h3-7,9-12,17H,2,8,13-15H2,1H3,(H,23,25)/t17-/m0/s1. The molecule has 1 aromatic heterocycles. The number of amides is 1. The Morgan fingerprint density at radius 3 is 2.59 bits per heavy atom. The Morgan fingerprint density at radius 2 is 1.83 bits per heavy atom. The monoisotopic (exact) mass is 396 g/mol. The first-order valence-corrected chi connectivity index (χ1v) is 9.66. The smallest absolute Gasteiger partial charge is 0.419 e. The average Bonchev–Trinajstić information content (AvgIpc) is 3.06. The molecule has 1 atom stereocenters. The highest BCUT2D eigenvalue weighted by Gasteiger charge is 2.16. The first kappa shape index (κ1) is 20.4.